The molecule has 0 fully saturated rings. The second-order valence-corrected chi connectivity index (χ2v) is 3.76. The number of nitrogens with two attached hydrogens (primary N) is 1. The van der Waals surface area contributed by atoms with Crippen LogP contribution in [0.15, 0.2) is 24.4 Å². The predicted octanol–water partition coefficient (Wildman–Crippen LogP) is 2.83. The maximum Gasteiger partial charge on any atom is 0.419 e. The van der Waals surface area contributed by atoms with Crippen LogP contribution >= 0.6 is 0 Å². The van der Waals surface area contributed by atoms with Gasteiger partial charge in [0.1, 0.15) is 5.82 Å². The molecule has 2 N–H and O–H groups in total. The highest BCUT2D eigenvalue weighted by Gasteiger charge is 2.34. The lowest BCUT2D eigenvalue weighted by Gasteiger charge is -2.10. The van der Waals surface area contributed by atoms with Gasteiger partial charge in [0, 0.05) is 12.6 Å². The fraction of sp³-hybridized carbons (Fsp3) is 0.182. The Kier molecular flexibility index (Phi) is 2.76. The summed E-state index contributed by atoms with van der Waals surface area (Å²) in [7, 11) is 1.57. The van der Waals surface area contributed by atoms with Gasteiger partial charge < -0.3 is 5.73 Å². The Bertz CT molecular complexity index is 567. The van der Waals surface area contributed by atoms with Crippen molar-refractivity contribution < 1.29 is 17.6 Å². The third kappa shape index (κ3) is 2.03. The van der Waals surface area contributed by atoms with Crippen molar-refractivity contribution in [2.24, 2.45) is 7.05 Å². The minimum Gasteiger partial charge on any atom is -0.396 e. The Hall–Kier alpha value is -2.05. The number of rotatable bonds is 1. The minimum absolute atomic E-state index is 0.248. The number of aromatic nitrogens is 2. The summed E-state index contributed by atoms with van der Waals surface area (Å²) in [6, 6.07) is 2.66. The molecule has 0 unspecified atom stereocenters. The highest BCUT2D eigenvalue weighted by molar-refractivity contribution is 5.72. The first kappa shape index (κ1) is 12.4. The number of nitrogens with zero attached hydrogens (tertiary/aromatic N) is 2. The quantitative estimate of drug-likeness (QED) is 0.800. The first-order chi connectivity index (χ1) is 8.30. The molecule has 0 aliphatic carbocycles. The van der Waals surface area contributed by atoms with Crippen LogP contribution in [-0.4, -0.2) is 9.78 Å². The second-order valence-electron chi connectivity index (χ2n) is 3.76. The molecule has 1 aromatic heterocycles. The molecule has 0 aliphatic heterocycles. The largest absolute Gasteiger partial charge is 0.419 e. The van der Waals surface area contributed by atoms with Crippen molar-refractivity contribution in [3.8, 4) is 11.3 Å². The molecule has 96 valence electrons. The topological polar surface area (TPSA) is 43.8 Å². The fourth-order valence-corrected chi connectivity index (χ4v) is 1.70. The van der Waals surface area contributed by atoms with Crippen LogP contribution in [0.25, 0.3) is 11.3 Å². The fourth-order valence-electron chi connectivity index (χ4n) is 1.70. The summed E-state index contributed by atoms with van der Waals surface area (Å²) in [5, 5.41) is 3.84. The molecule has 0 radical (unpaired) electrons. The van der Waals surface area contributed by atoms with Crippen LogP contribution in [0.4, 0.5) is 23.2 Å². The standard InChI is InChI=1S/C11H9F4N3/c1-18-10(9(16)5-17-18)6-2-3-7(8(12)4-6)11(13,14)15/h2-5H,16H2,1H3. The molecule has 0 saturated heterocycles. The van der Waals surface area contributed by atoms with E-state index in [4.69, 9.17) is 5.73 Å². The Morgan fingerprint density at radius 1 is 1.28 bits per heavy atom. The van der Waals surface area contributed by atoms with Gasteiger partial charge in [-0.15, -0.1) is 0 Å². The lowest BCUT2D eigenvalue weighted by Crippen LogP contribution is -2.08. The Morgan fingerprint density at radius 2 is 1.94 bits per heavy atom. The van der Waals surface area contributed by atoms with Crippen molar-refractivity contribution in [2.75, 3.05) is 5.73 Å². The molecule has 2 aromatic rings. The van der Waals surface area contributed by atoms with Gasteiger partial charge in [0.25, 0.3) is 0 Å². The summed E-state index contributed by atoms with van der Waals surface area (Å²) in [6.07, 6.45) is -3.36. The van der Waals surface area contributed by atoms with Crippen LogP contribution in [0.1, 0.15) is 5.56 Å². The van der Waals surface area contributed by atoms with Gasteiger partial charge >= 0.3 is 6.18 Å². The maximum absolute atomic E-state index is 13.4. The monoisotopic (exact) mass is 259 g/mol. The van der Waals surface area contributed by atoms with Crippen LogP contribution in [0.5, 0.6) is 0 Å². The average Bonchev–Trinajstić information content (AvgIpc) is 2.56. The molecule has 0 amide bonds. The summed E-state index contributed by atoms with van der Waals surface area (Å²) in [4.78, 5) is 0. The molecule has 1 heterocycles. The number of anilines is 1. The van der Waals surface area contributed by atoms with Crippen molar-refractivity contribution in [3.05, 3.63) is 35.8 Å². The number of alkyl halides is 3. The van der Waals surface area contributed by atoms with Crippen molar-refractivity contribution in [1.29, 1.82) is 0 Å². The number of nitrogen functional groups attached to an aromatic ring is 1. The van der Waals surface area contributed by atoms with E-state index in [9.17, 15) is 17.6 Å². The summed E-state index contributed by atoms with van der Waals surface area (Å²) in [6.45, 7) is 0. The third-order valence-electron chi connectivity index (χ3n) is 2.51. The smallest absolute Gasteiger partial charge is 0.396 e. The van der Waals surface area contributed by atoms with E-state index in [0.29, 0.717) is 11.8 Å². The zero-order valence-corrected chi connectivity index (χ0v) is 9.29. The second kappa shape index (κ2) is 4.01. The highest BCUT2D eigenvalue weighted by atomic mass is 19.4. The number of hydrogen-bond acceptors (Lipinski definition) is 2. The predicted molar refractivity (Wildman–Crippen MR) is 58.0 cm³/mol. The molecule has 0 spiro atoms. The van der Waals surface area contributed by atoms with Gasteiger partial charge in [-0.25, -0.2) is 4.39 Å². The first-order valence-electron chi connectivity index (χ1n) is 4.95. The molecule has 0 aliphatic rings. The minimum atomic E-state index is -4.71. The van der Waals surface area contributed by atoms with Gasteiger partial charge in [-0.05, 0) is 12.1 Å². The van der Waals surface area contributed by atoms with Crippen LogP contribution in [-0.2, 0) is 13.2 Å². The third-order valence-corrected chi connectivity index (χ3v) is 2.51. The van der Waals surface area contributed by atoms with E-state index in [2.05, 4.69) is 5.10 Å². The highest BCUT2D eigenvalue weighted by Crippen LogP contribution is 2.34. The lowest BCUT2D eigenvalue weighted by atomic mass is 10.1. The number of benzene rings is 1. The molecule has 2 rings (SSSR count). The van der Waals surface area contributed by atoms with E-state index in [1.807, 2.05) is 0 Å². The maximum atomic E-state index is 13.4. The van der Waals surface area contributed by atoms with E-state index in [1.165, 1.54) is 16.9 Å². The van der Waals surface area contributed by atoms with Crippen molar-refractivity contribution >= 4 is 5.69 Å². The zero-order chi connectivity index (χ0) is 13.5. The molecule has 0 saturated carbocycles. The van der Waals surface area contributed by atoms with Crippen LogP contribution < -0.4 is 5.73 Å². The average molecular weight is 259 g/mol. The Balaban J connectivity index is 2.54. The number of aryl methyl sites for hydroxylation is 1. The van der Waals surface area contributed by atoms with E-state index in [-0.39, 0.29) is 11.3 Å². The van der Waals surface area contributed by atoms with Crippen molar-refractivity contribution in [2.45, 2.75) is 6.18 Å². The molecular weight excluding hydrogens is 250 g/mol. The van der Waals surface area contributed by atoms with E-state index < -0.39 is 17.6 Å². The summed E-state index contributed by atoms with van der Waals surface area (Å²) in [5.74, 6) is -1.33. The number of hydrogen-bond donors (Lipinski definition) is 1. The van der Waals surface area contributed by atoms with Crippen LogP contribution in [0, 0.1) is 5.82 Å². The number of halogens is 4. The molecular formula is C11H9F4N3. The van der Waals surface area contributed by atoms with Gasteiger partial charge in [0.15, 0.2) is 0 Å². The lowest BCUT2D eigenvalue weighted by molar-refractivity contribution is -0.139. The van der Waals surface area contributed by atoms with Crippen LogP contribution in [0.3, 0.4) is 0 Å². The van der Waals surface area contributed by atoms with Crippen molar-refractivity contribution in [1.82, 2.24) is 9.78 Å². The molecule has 0 bridgehead atoms. The Labute approximate surface area is 99.8 Å². The van der Waals surface area contributed by atoms with Gasteiger partial charge in [0.05, 0.1) is 23.1 Å². The molecule has 3 nitrogen and oxygen atoms in total. The molecule has 18 heavy (non-hydrogen) atoms. The van der Waals surface area contributed by atoms with E-state index in [0.717, 1.165) is 6.07 Å². The van der Waals surface area contributed by atoms with Gasteiger partial charge in [0.2, 0.25) is 0 Å². The SMILES string of the molecule is Cn1ncc(N)c1-c1ccc(C(F)(F)F)c(F)c1. The van der Waals surface area contributed by atoms with Crippen LogP contribution in [0.2, 0.25) is 0 Å². The first-order valence-corrected chi connectivity index (χ1v) is 4.95. The summed E-state index contributed by atoms with van der Waals surface area (Å²) >= 11 is 0. The Morgan fingerprint density at radius 3 is 2.39 bits per heavy atom. The van der Waals surface area contributed by atoms with Gasteiger partial charge in [-0.3, -0.25) is 4.68 Å². The molecule has 1 aromatic carbocycles. The summed E-state index contributed by atoms with van der Waals surface area (Å²) < 4.78 is 52.0. The normalized spacial score (nSPS) is 11.8. The summed E-state index contributed by atoms with van der Waals surface area (Å²) in [5.41, 5.74) is 5.22. The molecule has 0 atom stereocenters. The van der Waals surface area contributed by atoms with Crippen molar-refractivity contribution in [3.63, 3.8) is 0 Å². The van der Waals surface area contributed by atoms with Gasteiger partial charge in [-0.2, -0.15) is 18.3 Å². The van der Waals surface area contributed by atoms with E-state index >= 15 is 0 Å². The zero-order valence-electron chi connectivity index (χ0n) is 9.29. The van der Waals surface area contributed by atoms with E-state index in [1.54, 1.807) is 7.05 Å². The van der Waals surface area contributed by atoms with Gasteiger partial charge in [-0.1, -0.05) is 6.07 Å². The molecule has 7 heteroatoms.